The number of aliphatic hydroxyl groups excluding tert-OH is 2. The molecule has 1 aromatic heterocycles. The van der Waals surface area contributed by atoms with Gasteiger partial charge in [0.25, 0.3) is 0 Å². The summed E-state index contributed by atoms with van der Waals surface area (Å²) >= 11 is 0. The van der Waals surface area contributed by atoms with Gasteiger partial charge in [-0.05, 0) is 116 Å². The molecule has 2 N–H and O–H groups in total. The van der Waals surface area contributed by atoms with Gasteiger partial charge >= 0.3 is 0 Å². The molecular formula is C52H59N3O8S. The van der Waals surface area contributed by atoms with E-state index in [0.717, 1.165) is 47.9 Å². The Bertz CT molecular complexity index is 2610. The van der Waals surface area contributed by atoms with E-state index in [2.05, 4.69) is 37.6 Å². The third-order valence-corrected chi connectivity index (χ3v) is 15.2. The Morgan fingerprint density at radius 1 is 0.906 bits per heavy atom. The van der Waals surface area contributed by atoms with Crippen molar-refractivity contribution in [2.75, 3.05) is 26.9 Å². The van der Waals surface area contributed by atoms with Gasteiger partial charge in [-0.1, -0.05) is 84.7 Å². The summed E-state index contributed by atoms with van der Waals surface area (Å²) < 4.78 is 52.8. The molecule has 0 unspecified atom stereocenters. The maximum atomic E-state index is 15.2. The lowest BCUT2D eigenvalue weighted by Gasteiger charge is -2.59. The number of unbranched alkanes of at least 4 members (excludes halogenated alkanes) is 2. The number of sulfonamides is 1. The highest BCUT2D eigenvalue weighted by Gasteiger charge is 2.65. The molecule has 336 valence electrons. The fraction of sp³-hybridized carbons (Fsp3) is 0.385. The monoisotopic (exact) mass is 885 g/mol. The summed E-state index contributed by atoms with van der Waals surface area (Å²) in [5.74, 6) is -0.471. The Labute approximate surface area is 377 Å². The molecule has 0 bridgehead atoms. The topological polar surface area (TPSA) is 140 Å². The van der Waals surface area contributed by atoms with Crippen LogP contribution in [0.2, 0.25) is 0 Å². The van der Waals surface area contributed by atoms with E-state index in [-0.39, 0.29) is 55.5 Å². The molecule has 12 heteroatoms. The van der Waals surface area contributed by atoms with E-state index in [1.807, 2.05) is 72.8 Å². The minimum absolute atomic E-state index is 0.000337. The molecule has 0 radical (unpaired) electrons. The average Bonchev–Trinajstić information content (AvgIpc) is 3.30. The van der Waals surface area contributed by atoms with Gasteiger partial charge < -0.3 is 29.3 Å². The SMILES string of the molecule is C=CCO[C@@]12Oc3ccc(Oc4ccc(C)c(C)c4)cc3[C@H]3[C@H](CCCCO)[C@@H](CCCCO)C=C(C(=NOCc4ccccc4)C[C@@H]1N(C)S(=O)(=O)c1cccc4cccnc14)[C@H]32. The van der Waals surface area contributed by atoms with Crippen molar-refractivity contribution in [2.24, 2.45) is 22.9 Å². The molecule has 8 rings (SSSR count). The number of hydrogen-bond donors (Lipinski definition) is 2. The third-order valence-electron chi connectivity index (χ3n) is 13.3. The van der Waals surface area contributed by atoms with Crippen LogP contribution in [0, 0.1) is 31.6 Å². The van der Waals surface area contributed by atoms with Crippen molar-refractivity contribution in [1.82, 2.24) is 9.29 Å². The van der Waals surface area contributed by atoms with Crippen molar-refractivity contribution >= 4 is 26.6 Å². The van der Waals surface area contributed by atoms with Crippen LogP contribution in [0.25, 0.3) is 10.9 Å². The van der Waals surface area contributed by atoms with E-state index in [9.17, 15) is 10.2 Å². The number of allylic oxidation sites excluding steroid dienone is 1. The van der Waals surface area contributed by atoms with E-state index < -0.39 is 27.8 Å². The molecule has 0 spiro atoms. The first-order valence-electron chi connectivity index (χ1n) is 22.4. The quantitative estimate of drug-likeness (QED) is 0.0471. The number of aromatic nitrogens is 1. The number of fused-ring (bicyclic) bond motifs is 3. The Balaban J connectivity index is 1.34. The number of rotatable bonds is 19. The summed E-state index contributed by atoms with van der Waals surface area (Å²) in [6.45, 7) is 8.61. The number of pyridine rings is 1. The largest absolute Gasteiger partial charge is 0.460 e. The number of para-hydroxylation sites is 1. The van der Waals surface area contributed by atoms with Crippen LogP contribution in [0.4, 0.5) is 0 Å². The Morgan fingerprint density at radius 3 is 2.42 bits per heavy atom. The van der Waals surface area contributed by atoms with E-state index in [1.165, 1.54) is 9.87 Å². The molecule has 2 aliphatic carbocycles. The second kappa shape index (κ2) is 19.8. The first kappa shape index (κ1) is 45.2. The number of oxime groups is 1. The molecule has 0 saturated heterocycles. The number of aliphatic hydroxyl groups is 2. The fourth-order valence-corrected chi connectivity index (χ4v) is 11.6. The highest BCUT2D eigenvalue weighted by atomic mass is 32.2. The smallest absolute Gasteiger partial charge is 0.245 e. The highest BCUT2D eigenvalue weighted by Crippen LogP contribution is 2.62. The van der Waals surface area contributed by atoms with Gasteiger partial charge in [-0.3, -0.25) is 4.98 Å². The van der Waals surface area contributed by atoms with Crippen molar-refractivity contribution in [2.45, 2.75) is 88.0 Å². The predicted molar refractivity (Wildman–Crippen MR) is 249 cm³/mol. The maximum absolute atomic E-state index is 15.2. The van der Waals surface area contributed by atoms with Crippen molar-refractivity contribution in [3.05, 3.63) is 150 Å². The van der Waals surface area contributed by atoms with Gasteiger partial charge in [-0.15, -0.1) is 6.58 Å². The average molecular weight is 886 g/mol. The lowest BCUT2D eigenvalue weighted by Crippen LogP contribution is -2.69. The van der Waals surface area contributed by atoms with Crippen molar-refractivity contribution in [3.63, 3.8) is 0 Å². The summed E-state index contributed by atoms with van der Waals surface area (Å²) in [6.07, 6.45) is 10.1. The molecule has 4 aromatic carbocycles. The van der Waals surface area contributed by atoms with Crippen LogP contribution in [0.1, 0.15) is 73.1 Å². The summed E-state index contributed by atoms with van der Waals surface area (Å²) in [4.78, 5) is 10.8. The van der Waals surface area contributed by atoms with Gasteiger partial charge in [0.1, 0.15) is 28.8 Å². The van der Waals surface area contributed by atoms with Crippen LogP contribution in [0.3, 0.4) is 0 Å². The molecule has 5 aromatic rings. The molecule has 64 heavy (non-hydrogen) atoms. The van der Waals surface area contributed by atoms with E-state index in [1.54, 1.807) is 37.5 Å². The molecular weight excluding hydrogens is 827 g/mol. The zero-order chi connectivity index (χ0) is 44.8. The molecule has 3 aliphatic rings. The van der Waals surface area contributed by atoms with Crippen molar-refractivity contribution < 1.29 is 37.7 Å². The van der Waals surface area contributed by atoms with Crippen LogP contribution < -0.4 is 9.47 Å². The summed E-state index contributed by atoms with van der Waals surface area (Å²) in [7, 11) is -2.68. The van der Waals surface area contributed by atoms with Gasteiger partial charge in [-0.25, -0.2) is 8.42 Å². The van der Waals surface area contributed by atoms with Crippen LogP contribution >= 0.6 is 0 Å². The van der Waals surface area contributed by atoms with Gasteiger partial charge in [0.05, 0.1) is 29.8 Å². The molecule has 1 saturated carbocycles. The van der Waals surface area contributed by atoms with Crippen LogP contribution in [-0.4, -0.2) is 72.3 Å². The second-order valence-electron chi connectivity index (χ2n) is 17.2. The van der Waals surface area contributed by atoms with Crippen LogP contribution in [0.5, 0.6) is 17.2 Å². The zero-order valence-electron chi connectivity index (χ0n) is 36.9. The third kappa shape index (κ3) is 8.99. The van der Waals surface area contributed by atoms with Crippen molar-refractivity contribution in [1.29, 1.82) is 0 Å². The second-order valence-corrected chi connectivity index (χ2v) is 19.2. The minimum Gasteiger partial charge on any atom is -0.460 e. The Kier molecular flexibility index (Phi) is 14.0. The zero-order valence-corrected chi connectivity index (χ0v) is 37.8. The van der Waals surface area contributed by atoms with E-state index >= 15 is 8.42 Å². The number of ether oxygens (including phenoxy) is 3. The van der Waals surface area contributed by atoms with Gasteiger partial charge in [-0.2, -0.15) is 4.31 Å². The predicted octanol–water partition coefficient (Wildman–Crippen LogP) is 9.80. The summed E-state index contributed by atoms with van der Waals surface area (Å²) in [6, 6.07) is 29.6. The standard InChI is InChI=1S/C52H59N3O8S/c1-5-29-60-52-48(55(4)64(58,59)47-21-13-18-38-19-14-26-53-51(38)47)33-45(54-61-34-37-15-7-6-8-16-37)43-31-39(17-9-11-27-56)42(20-10-12-28-57)49(50(43)52)44-32-41(24-25-46(44)63-52)62-40-23-22-35(2)36(3)30-40/h5-8,13-16,18-19,21-26,30-32,39,42,48-50,56-57H,1,9-12,17,20,27-29,33-34H2,2-4H3/t39-,42+,48-,49+,50+,52+/m0/s1. The first-order chi connectivity index (χ1) is 31.1. The first-order valence-corrected chi connectivity index (χ1v) is 23.8. The molecule has 1 fully saturated rings. The molecule has 1 aliphatic heterocycles. The van der Waals surface area contributed by atoms with Crippen molar-refractivity contribution in [3.8, 4) is 17.2 Å². The Hall–Kier alpha value is -5.37. The van der Waals surface area contributed by atoms with Gasteiger partial charge in [0, 0.05) is 49.7 Å². The number of aryl methyl sites for hydroxylation is 2. The van der Waals surface area contributed by atoms with Crippen LogP contribution in [0.15, 0.2) is 138 Å². The Morgan fingerprint density at radius 2 is 1.66 bits per heavy atom. The highest BCUT2D eigenvalue weighted by molar-refractivity contribution is 7.89. The molecule has 6 atom stereocenters. The fourth-order valence-electron chi connectivity index (χ4n) is 10.0. The lowest BCUT2D eigenvalue weighted by molar-refractivity contribution is -0.250. The molecule has 0 amide bonds. The number of likely N-dealkylation sites (N-methyl/N-ethyl adjacent to an activating group) is 1. The van der Waals surface area contributed by atoms with Gasteiger partial charge in [0.2, 0.25) is 15.8 Å². The lowest BCUT2D eigenvalue weighted by atomic mass is 9.55. The summed E-state index contributed by atoms with van der Waals surface area (Å²) in [5, 5.41) is 25.6. The normalized spacial score (nSPS) is 23.2. The van der Waals surface area contributed by atoms with Crippen LogP contribution in [-0.2, 0) is 26.2 Å². The number of hydrogen-bond acceptors (Lipinski definition) is 10. The number of nitrogens with zero attached hydrogens (tertiary/aromatic N) is 3. The molecule has 11 nitrogen and oxygen atoms in total. The van der Waals surface area contributed by atoms with Gasteiger partial charge in [0.15, 0.2) is 0 Å². The van der Waals surface area contributed by atoms with E-state index in [0.29, 0.717) is 46.7 Å². The summed E-state index contributed by atoms with van der Waals surface area (Å²) in [5.41, 5.74) is 6.01. The maximum Gasteiger partial charge on any atom is 0.245 e. The number of benzene rings is 4. The molecule has 2 heterocycles. The van der Waals surface area contributed by atoms with E-state index in [4.69, 9.17) is 24.2 Å². The minimum atomic E-state index is -4.27.